The van der Waals surface area contributed by atoms with Gasteiger partial charge in [0.05, 0.1) is 24.2 Å². The first-order chi connectivity index (χ1) is 14.7. The number of amides is 2. The number of hydrogen-bond acceptors (Lipinski definition) is 5. The minimum atomic E-state index is -4.57. The van der Waals surface area contributed by atoms with Gasteiger partial charge in [-0.15, -0.1) is 5.10 Å². The van der Waals surface area contributed by atoms with Crippen molar-refractivity contribution in [1.82, 2.24) is 24.5 Å². The lowest BCUT2D eigenvalue weighted by molar-refractivity contribution is -0.138. The van der Waals surface area contributed by atoms with Gasteiger partial charge in [-0.1, -0.05) is 18.2 Å². The molecule has 0 bridgehead atoms. The fraction of sp³-hybridized carbons (Fsp3) is 0.316. The van der Waals surface area contributed by atoms with Gasteiger partial charge < -0.3 is 5.73 Å². The minimum absolute atomic E-state index is 0.0699. The molecule has 0 unspecified atom stereocenters. The van der Waals surface area contributed by atoms with Crippen molar-refractivity contribution >= 4 is 17.6 Å². The molecule has 162 valence electrons. The van der Waals surface area contributed by atoms with Gasteiger partial charge in [0.2, 0.25) is 11.7 Å². The minimum Gasteiger partial charge on any atom is -0.363 e. The predicted octanol–water partition coefficient (Wildman–Crippen LogP) is 1.79. The van der Waals surface area contributed by atoms with Crippen molar-refractivity contribution in [3.63, 3.8) is 0 Å². The van der Waals surface area contributed by atoms with Gasteiger partial charge in [-0.25, -0.2) is 14.3 Å². The molecule has 3 heterocycles. The van der Waals surface area contributed by atoms with E-state index in [9.17, 15) is 22.8 Å². The van der Waals surface area contributed by atoms with E-state index in [-0.39, 0.29) is 36.1 Å². The highest BCUT2D eigenvalue weighted by Gasteiger charge is 2.36. The molecule has 4 rings (SSSR count). The molecule has 12 heteroatoms. The standard InChI is InChI=1S/C19H18F3N7O2/c1-27-14-6-8-24-28(14)9-7-12(18(27)31)17-25-16(15(23)30)26-29(17)10-11-4-2-3-5-13(11)19(20,21)22/h2-6,8,12H,7,9-10H2,1H3,(H2,23,30)/t12-/m0/s1. The number of alkyl halides is 3. The van der Waals surface area contributed by atoms with Crippen LogP contribution in [-0.4, -0.2) is 43.4 Å². The van der Waals surface area contributed by atoms with E-state index in [1.165, 1.54) is 23.1 Å². The summed E-state index contributed by atoms with van der Waals surface area (Å²) in [6, 6.07) is 6.72. The molecule has 2 amide bonds. The first-order valence-electron chi connectivity index (χ1n) is 9.36. The molecule has 1 aliphatic heterocycles. The molecular formula is C19H18F3N7O2. The molecule has 0 aliphatic carbocycles. The van der Waals surface area contributed by atoms with Gasteiger partial charge in [-0.2, -0.15) is 18.3 Å². The van der Waals surface area contributed by atoms with E-state index in [1.807, 2.05) is 0 Å². The molecule has 31 heavy (non-hydrogen) atoms. The van der Waals surface area contributed by atoms with Crippen molar-refractivity contribution in [2.24, 2.45) is 5.73 Å². The molecule has 2 N–H and O–H groups in total. The molecule has 1 aliphatic rings. The second-order valence-electron chi connectivity index (χ2n) is 7.12. The van der Waals surface area contributed by atoms with Crippen LogP contribution in [0.2, 0.25) is 0 Å². The lowest BCUT2D eigenvalue weighted by Crippen LogP contribution is -2.32. The Morgan fingerprint density at radius 3 is 2.71 bits per heavy atom. The molecule has 3 aromatic rings. The van der Waals surface area contributed by atoms with Gasteiger partial charge in [0.15, 0.2) is 0 Å². The van der Waals surface area contributed by atoms with Crippen LogP contribution in [0.25, 0.3) is 0 Å². The zero-order chi connectivity index (χ0) is 22.3. The summed E-state index contributed by atoms with van der Waals surface area (Å²) in [6.45, 7) is 0.0460. The zero-order valence-corrected chi connectivity index (χ0v) is 16.4. The van der Waals surface area contributed by atoms with Crippen molar-refractivity contribution < 1.29 is 22.8 Å². The third kappa shape index (κ3) is 3.76. The van der Waals surface area contributed by atoms with E-state index >= 15 is 0 Å². The fourth-order valence-corrected chi connectivity index (χ4v) is 3.67. The summed E-state index contributed by atoms with van der Waals surface area (Å²) >= 11 is 0. The maximum Gasteiger partial charge on any atom is 0.416 e. The molecule has 0 saturated heterocycles. The highest BCUT2D eigenvalue weighted by Crippen LogP contribution is 2.33. The van der Waals surface area contributed by atoms with Crippen LogP contribution in [0.3, 0.4) is 0 Å². The molecule has 0 saturated carbocycles. The van der Waals surface area contributed by atoms with Crippen LogP contribution in [0.4, 0.5) is 19.0 Å². The van der Waals surface area contributed by atoms with Crippen molar-refractivity contribution in [3.05, 3.63) is 59.3 Å². The summed E-state index contributed by atoms with van der Waals surface area (Å²) in [5.74, 6) is -1.83. The van der Waals surface area contributed by atoms with Crippen LogP contribution < -0.4 is 10.6 Å². The first-order valence-corrected chi connectivity index (χ1v) is 9.36. The van der Waals surface area contributed by atoms with Crippen LogP contribution in [0, 0.1) is 0 Å². The number of aromatic nitrogens is 5. The zero-order valence-electron chi connectivity index (χ0n) is 16.4. The summed E-state index contributed by atoms with van der Waals surface area (Å²) in [6.07, 6.45) is -2.73. The number of nitrogens with zero attached hydrogens (tertiary/aromatic N) is 6. The smallest absolute Gasteiger partial charge is 0.363 e. The third-order valence-electron chi connectivity index (χ3n) is 5.17. The number of rotatable bonds is 4. The number of halogens is 3. The predicted molar refractivity (Wildman–Crippen MR) is 102 cm³/mol. The topological polar surface area (TPSA) is 112 Å². The Kier molecular flexibility index (Phi) is 4.99. The van der Waals surface area contributed by atoms with Crippen LogP contribution in [-0.2, 0) is 24.1 Å². The average molecular weight is 433 g/mol. The Bertz CT molecular complexity index is 1150. The van der Waals surface area contributed by atoms with E-state index in [0.29, 0.717) is 12.4 Å². The second kappa shape index (κ2) is 7.52. The molecule has 1 atom stereocenters. The lowest BCUT2D eigenvalue weighted by Gasteiger charge is -2.20. The number of primary amides is 1. The lowest BCUT2D eigenvalue weighted by atomic mass is 10.0. The largest absolute Gasteiger partial charge is 0.416 e. The number of anilines is 1. The quantitative estimate of drug-likeness (QED) is 0.674. The number of carbonyl (C=O) groups is 2. The van der Waals surface area contributed by atoms with Crippen LogP contribution in [0.1, 0.15) is 39.9 Å². The Balaban J connectivity index is 1.76. The van der Waals surface area contributed by atoms with Crippen LogP contribution >= 0.6 is 0 Å². The molecule has 1 aromatic carbocycles. The van der Waals surface area contributed by atoms with Crippen molar-refractivity contribution in [3.8, 4) is 0 Å². The molecular weight excluding hydrogens is 415 g/mol. The summed E-state index contributed by atoms with van der Waals surface area (Å²) < 4.78 is 43.1. The number of benzene rings is 1. The number of carbonyl (C=O) groups excluding carboxylic acids is 2. The van der Waals surface area contributed by atoms with Gasteiger partial charge in [-0.05, 0) is 18.1 Å². The maximum atomic E-state index is 13.4. The van der Waals surface area contributed by atoms with E-state index in [2.05, 4.69) is 15.2 Å². The first kappa shape index (κ1) is 20.6. The second-order valence-corrected chi connectivity index (χ2v) is 7.12. The molecule has 2 aromatic heterocycles. The van der Waals surface area contributed by atoms with Gasteiger partial charge >= 0.3 is 6.18 Å². The number of fused-ring (bicyclic) bond motifs is 1. The number of hydrogen-bond donors (Lipinski definition) is 1. The fourth-order valence-electron chi connectivity index (χ4n) is 3.67. The normalized spacial score (nSPS) is 16.8. The van der Waals surface area contributed by atoms with Crippen molar-refractivity contribution in [2.45, 2.75) is 31.6 Å². The van der Waals surface area contributed by atoms with E-state index < -0.39 is 23.6 Å². The summed E-state index contributed by atoms with van der Waals surface area (Å²) in [7, 11) is 1.57. The van der Waals surface area contributed by atoms with Crippen LogP contribution in [0.5, 0.6) is 0 Å². The number of nitrogens with two attached hydrogens (primary N) is 1. The molecule has 0 fully saturated rings. The number of aryl methyl sites for hydroxylation is 1. The van der Waals surface area contributed by atoms with Gasteiger partial charge in [0.25, 0.3) is 5.91 Å². The van der Waals surface area contributed by atoms with E-state index in [0.717, 1.165) is 10.7 Å². The molecule has 0 radical (unpaired) electrons. The Morgan fingerprint density at radius 2 is 2.00 bits per heavy atom. The molecule has 9 nitrogen and oxygen atoms in total. The van der Waals surface area contributed by atoms with Crippen LogP contribution in [0.15, 0.2) is 36.5 Å². The SMILES string of the molecule is CN1C(=O)[C@H](c2nc(C(N)=O)nn2Cc2ccccc2C(F)(F)F)CCn2nccc21. The van der Waals surface area contributed by atoms with Crippen molar-refractivity contribution in [1.29, 1.82) is 0 Å². The monoisotopic (exact) mass is 433 g/mol. The van der Waals surface area contributed by atoms with Gasteiger partial charge in [0, 0.05) is 19.7 Å². The summed E-state index contributed by atoms with van der Waals surface area (Å²) in [5.41, 5.74) is 4.39. The van der Waals surface area contributed by atoms with Gasteiger partial charge in [0.1, 0.15) is 11.6 Å². The molecule has 0 spiro atoms. The average Bonchev–Trinajstić information content (AvgIpc) is 3.32. The Labute approximate surface area is 174 Å². The van der Waals surface area contributed by atoms with E-state index in [1.54, 1.807) is 24.0 Å². The number of likely N-dealkylation sites (N-methyl/N-ethyl adjacent to an activating group) is 1. The third-order valence-corrected chi connectivity index (χ3v) is 5.17. The highest BCUT2D eigenvalue weighted by molar-refractivity contribution is 5.97. The Morgan fingerprint density at radius 1 is 1.26 bits per heavy atom. The van der Waals surface area contributed by atoms with E-state index in [4.69, 9.17) is 5.73 Å². The Hall–Kier alpha value is -3.70. The van der Waals surface area contributed by atoms with Crippen molar-refractivity contribution in [2.75, 3.05) is 11.9 Å². The highest BCUT2D eigenvalue weighted by atomic mass is 19.4. The maximum absolute atomic E-state index is 13.4. The summed E-state index contributed by atoms with van der Waals surface area (Å²) in [5, 5.41) is 8.17. The van der Waals surface area contributed by atoms with Gasteiger partial charge in [-0.3, -0.25) is 14.5 Å². The summed E-state index contributed by atoms with van der Waals surface area (Å²) in [4.78, 5) is 30.3.